The highest BCUT2D eigenvalue weighted by Crippen LogP contribution is 2.01. The summed E-state index contributed by atoms with van der Waals surface area (Å²) < 4.78 is 1.57. The zero-order valence-electron chi connectivity index (χ0n) is 7.84. The summed E-state index contributed by atoms with van der Waals surface area (Å²) in [6.45, 7) is 1.90. The third-order valence-electron chi connectivity index (χ3n) is 2.00. The van der Waals surface area contributed by atoms with Crippen LogP contribution in [0, 0.1) is 6.92 Å². The van der Waals surface area contributed by atoms with Crippen LogP contribution >= 0.6 is 0 Å². The van der Waals surface area contributed by atoms with Gasteiger partial charge < -0.3 is 0 Å². The summed E-state index contributed by atoms with van der Waals surface area (Å²) in [5.74, 6) is 0. The van der Waals surface area contributed by atoms with Crippen molar-refractivity contribution in [1.29, 1.82) is 0 Å². The van der Waals surface area contributed by atoms with Gasteiger partial charge in [0, 0.05) is 18.5 Å². The fraction of sp³-hybridized carbons (Fsp3) is 0.0909. The molecule has 0 radical (unpaired) electrons. The molecular formula is C11H10N2O. The van der Waals surface area contributed by atoms with E-state index in [4.69, 9.17) is 0 Å². The van der Waals surface area contributed by atoms with E-state index < -0.39 is 0 Å². The molecule has 0 spiro atoms. The lowest BCUT2D eigenvalue weighted by atomic mass is 10.3. The fourth-order valence-corrected chi connectivity index (χ4v) is 1.29. The van der Waals surface area contributed by atoms with Gasteiger partial charge in [-0.3, -0.25) is 14.3 Å². The number of aromatic nitrogens is 2. The van der Waals surface area contributed by atoms with E-state index in [2.05, 4.69) is 4.98 Å². The van der Waals surface area contributed by atoms with Gasteiger partial charge in [-0.25, -0.2) is 0 Å². The van der Waals surface area contributed by atoms with E-state index in [1.165, 1.54) is 0 Å². The van der Waals surface area contributed by atoms with Crippen LogP contribution in [0.3, 0.4) is 0 Å². The van der Waals surface area contributed by atoms with Crippen molar-refractivity contribution < 1.29 is 0 Å². The first-order valence-corrected chi connectivity index (χ1v) is 4.37. The monoisotopic (exact) mass is 186 g/mol. The molecule has 0 aliphatic heterocycles. The third-order valence-corrected chi connectivity index (χ3v) is 2.00. The molecule has 0 aliphatic carbocycles. The van der Waals surface area contributed by atoms with Crippen molar-refractivity contribution in [2.24, 2.45) is 0 Å². The van der Waals surface area contributed by atoms with Crippen LogP contribution in [-0.4, -0.2) is 9.55 Å². The van der Waals surface area contributed by atoms with Crippen LogP contribution in [0.1, 0.15) is 5.56 Å². The number of aryl methyl sites for hydroxylation is 1. The van der Waals surface area contributed by atoms with Gasteiger partial charge in [0.2, 0.25) is 0 Å². The standard InChI is InChI=1S/C11H10N2O/c1-9-4-6-13(11(14)7-9)10-3-2-5-12-8-10/h2-8H,1H3. The van der Waals surface area contributed by atoms with Gasteiger partial charge >= 0.3 is 0 Å². The minimum atomic E-state index is -0.0296. The van der Waals surface area contributed by atoms with Crippen LogP contribution in [0.5, 0.6) is 0 Å². The highest BCUT2D eigenvalue weighted by atomic mass is 16.1. The Balaban J connectivity index is 2.59. The van der Waals surface area contributed by atoms with Gasteiger partial charge in [0.05, 0.1) is 11.9 Å². The Hall–Kier alpha value is -1.90. The largest absolute Gasteiger partial charge is 0.283 e. The lowest BCUT2D eigenvalue weighted by molar-refractivity contribution is 0.971. The second kappa shape index (κ2) is 3.46. The zero-order valence-corrected chi connectivity index (χ0v) is 7.84. The molecule has 2 heterocycles. The van der Waals surface area contributed by atoms with Crippen molar-refractivity contribution >= 4 is 0 Å². The van der Waals surface area contributed by atoms with Gasteiger partial charge in [-0.1, -0.05) is 0 Å². The van der Waals surface area contributed by atoms with Crippen molar-refractivity contribution in [3.05, 3.63) is 58.8 Å². The highest BCUT2D eigenvalue weighted by molar-refractivity contribution is 5.28. The topological polar surface area (TPSA) is 34.9 Å². The SMILES string of the molecule is Cc1ccn(-c2cccnc2)c(=O)c1. The minimum Gasteiger partial charge on any atom is -0.283 e. The summed E-state index contributed by atoms with van der Waals surface area (Å²) in [4.78, 5) is 15.5. The molecule has 0 atom stereocenters. The molecule has 3 nitrogen and oxygen atoms in total. The van der Waals surface area contributed by atoms with Gasteiger partial charge in [-0.15, -0.1) is 0 Å². The molecule has 0 amide bonds. The Morgan fingerprint density at radius 3 is 2.86 bits per heavy atom. The predicted molar refractivity (Wildman–Crippen MR) is 54.6 cm³/mol. The summed E-state index contributed by atoms with van der Waals surface area (Å²) in [6.07, 6.45) is 5.11. The second-order valence-corrected chi connectivity index (χ2v) is 3.12. The molecule has 0 fully saturated rings. The van der Waals surface area contributed by atoms with Crippen LogP contribution < -0.4 is 5.56 Å². The average molecular weight is 186 g/mol. The van der Waals surface area contributed by atoms with Gasteiger partial charge in [0.1, 0.15) is 0 Å². The Bertz CT molecular complexity index is 488. The molecule has 0 saturated heterocycles. The summed E-state index contributed by atoms with van der Waals surface area (Å²) in [7, 11) is 0. The molecule has 0 aromatic carbocycles. The van der Waals surface area contributed by atoms with E-state index in [1.54, 1.807) is 29.2 Å². The highest BCUT2D eigenvalue weighted by Gasteiger charge is 1.97. The lowest BCUT2D eigenvalue weighted by Gasteiger charge is -2.03. The summed E-state index contributed by atoms with van der Waals surface area (Å²) in [5, 5.41) is 0. The molecule has 2 aromatic heterocycles. The maximum Gasteiger partial charge on any atom is 0.255 e. The number of hydrogen-bond acceptors (Lipinski definition) is 2. The molecule has 70 valence electrons. The number of rotatable bonds is 1. The molecule has 0 unspecified atom stereocenters. The molecule has 0 bridgehead atoms. The number of nitrogens with zero attached hydrogens (tertiary/aromatic N) is 2. The Labute approximate surface area is 81.7 Å². The first-order valence-electron chi connectivity index (χ1n) is 4.37. The third kappa shape index (κ3) is 1.57. The van der Waals surface area contributed by atoms with E-state index in [9.17, 15) is 4.79 Å². The smallest absolute Gasteiger partial charge is 0.255 e. The predicted octanol–water partition coefficient (Wildman–Crippen LogP) is 1.54. The molecule has 14 heavy (non-hydrogen) atoms. The van der Waals surface area contributed by atoms with E-state index in [0.29, 0.717) is 0 Å². The first kappa shape index (κ1) is 8.69. The summed E-state index contributed by atoms with van der Waals surface area (Å²) >= 11 is 0. The Kier molecular flexibility index (Phi) is 2.14. The van der Waals surface area contributed by atoms with Crippen LogP contribution in [0.2, 0.25) is 0 Å². The van der Waals surface area contributed by atoms with Gasteiger partial charge in [0.15, 0.2) is 0 Å². The lowest BCUT2D eigenvalue weighted by Crippen LogP contribution is -2.16. The average Bonchev–Trinajstić information content (AvgIpc) is 2.19. The summed E-state index contributed by atoms with van der Waals surface area (Å²) in [6, 6.07) is 7.16. The molecule has 3 heteroatoms. The van der Waals surface area contributed by atoms with Crippen molar-refractivity contribution in [2.45, 2.75) is 6.92 Å². The maximum absolute atomic E-state index is 11.6. The van der Waals surface area contributed by atoms with E-state index in [1.807, 2.05) is 25.1 Å². The van der Waals surface area contributed by atoms with Crippen LogP contribution in [0.25, 0.3) is 5.69 Å². The first-order chi connectivity index (χ1) is 6.77. The molecule has 2 aromatic rings. The molecule has 0 aliphatic rings. The minimum absolute atomic E-state index is 0.0296. The van der Waals surface area contributed by atoms with Crippen molar-refractivity contribution in [3.8, 4) is 5.69 Å². The van der Waals surface area contributed by atoms with E-state index in [0.717, 1.165) is 11.3 Å². The maximum atomic E-state index is 11.6. The normalized spacial score (nSPS) is 10.1. The Morgan fingerprint density at radius 1 is 1.36 bits per heavy atom. The van der Waals surface area contributed by atoms with Crippen LogP contribution in [0.4, 0.5) is 0 Å². The number of hydrogen-bond donors (Lipinski definition) is 0. The van der Waals surface area contributed by atoms with Gasteiger partial charge in [0.25, 0.3) is 5.56 Å². The van der Waals surface area contributed by atoms with Crippen molar-refractivity contribution in [1.82, 2.24) is 9.55 Å². The van der Waals surface area contributed by atoms with Gasteiger partial charge in [-0.05, 0) is 30.7 Å². The Morgan fingerprint density at radius 2 is 2.21 bits per heavy atom. The van der Waals surface area contributed by atoms with Crippen molar-refractivity contribution in [3.63, 3.8) is 0 Å². The number of pyridine rings is 2. The van der Waals surface area contributed by atoms with E-state index >= 15 is 0 Å². The van der Waals surface area contributed by atoms with Gasteiger partial charge in [-0.2, -0.15) is 0 Å². The quantitative estimate of drug-likeness (QED) is 0.677. The molecular weight excluding hydrogens is 176 g/mol. The van der Waals surface area contributed by atoms with Crippen LogP contribution in [0.15, 0.2) is 47.7 Å². The van der Waals surface area contributed by atoms with Crippen LogP contribution in [-0.2, 0) is 0 Å². The fourth-order valence-electron chi connectivity index (χ4n) is 1.29. The molecule has 0 saturated carbocycles. The van der Waals surface area contributed by atoms with E-state index in [-0.39, 0.29) is 5.56 Å². The van der Waals surface area contributed by atoms with Crippen molar-refractivity contribution in [2.75, 3.05) is 0 Å². The second-order valence-electron chi connectivity index (χ2n) is 3.12. The zero-order chi connectivity index (χ0) is 9.97. The molecule has 0 N–H and O–H groups in total. The summed E-state index contributed by atoms with van der Waals surface area (Å²) in [5.41, 5.74) is 1.73. The molecule has 2 rings (SSSR count).